The SMILES string of the molecule is CCC(Cc1ccccc1)NC1CCCCC1C. The van der Waals surface area contributed by atoms with Crippen LogP contribution in [0, 0.1) is 5.92 Å². The zero-order valence-corrected chi connectivity index (χ0v) is 11.9. The Morgan fingerprint density at radius 3 is 2.56 bits per heavy atom. The summed E-state index contributed by atoms with van der Waals surface area (Å²) < 4.78 is 0. The van der Waals surface area contributed by atoms with Gasteiger partial charge in [-0.3, -0.25) is 0 Å². The first-order chi connectivity index (χ1) is 8.79. The van der Waals surface area contributed by atoms with Crippen molar-refractivity contribution in [3.63, 3.8) is 0 Å². The number of nitrogens with one attached hydrogen (secondary N) is 1. The van der Waals surface area contributed by atoms with Crippen LogP contribution < -0.4 is 5.32 Å². The van der Waals surface area contributed by atoms with Crippen molar-refractivity contribution < 1.29 is 0 Å². The van der Waals surface area contributed by atoms with Gasteiger partial charge in [0.15, 0.2) is 0 Å². The highest BCUT2D eigenvalue weighted by atomic mass is 15.0. The molecule has 0 aromatic heterocycles. The van der Waals surface area contributed by atoms with Crippen LogP contribution in [0.3, 0.4) is 0 Å². The van der Waals surface area contributed by atoms with E-state index in [2.05, 4.69) is 49.5 Å². The molecule has 1 saturated carbocycles. The van der Waals surface area contributed by atoms with Gasteiger partial charge < -0.3 is 5.32 Å². The van der Waals surface area contributed by atoms with Crippen LogP contribution >= 0.6 is 0 Å². The van der Waals surface area contributed by atoms with Crippen molar-refractivity contribution in [2.24, 2.45) is 5.92 Å². The van der Waals surface area contributed by atoms with Gasteiger partial charge >= 0.3 is 0 Å². The molecule has 1 fully saturated rings. The van der Waals surface area contributed by atoms with Gasteiger partial charge in [-0.15, -0.1) is 0 Å². The van der Waals surface area contributed by atoms with Gasteiger partial charge in [0.25, 0.3) is 0 Å². The summed E-state index contributed by atoms with van der Waals surface area (Å²) in [6.45, 7) is 4.71. The van der Waals surface area contributed by atoms with E-state index in [4.69, 9.17) is 0 Å². The third-order valence-electron chi connectivity index (χ3n) is 4.38. The van der Waals surface area contributed by atoms with Crippen molar-refractivity contribution in [2.75, 3.05) is 0 Å². The first kappa shape index (κ1) is 13.6. The number of benzene rings is 1. The summed E-state index contributed by atoms with van der Waals surface area (Å²) in [5.41, 5.74) is 1.46. The van der Waals surface area contributed by atoms with E-state index in [9.17, 15) is 0 Å². The number of hydrogen-bond acceptors (Lipinski definition) is 1. The monoisotopic (exact) mass is 245 g/mol. The molecule has 18 heavy (non-hydrogen) atoms. The Hall–Kier alpha value is -0.820. The van der Waals surface area contributed by atoms with Gasteiger partial charge in [0.2, 0.25) is 0 Å². The number of hydrogen-bond donors (Lipinski definition) is 1. The lowest BCUT2D eigenvalue weighted by molar-refractivity contribution is 0.254. The summed E-state index contributed by atoms with van der Waals surface area (Å²) in [7, 11) is 0. The molecule has 3 atom stereocenters. The molecule has 1 nitrogen and oxygen atoms in total. The van der Waals surface area contributed by atoms with Crippen LogP contribution in [0.5, 0.6) is 0 Å². The lowest BCUT2D eigenvalue weighted by atomic mass is 9.85. The Morgan fingerprint density at radius 1 is 1.17 bits per heavy atom. The third kappa shape index (κ3) is 3.84. The van der Waals surface area contributed by atoms with Crippen molar-refractivity contribution >= 4 is 0 Å². The topological polar surface area (TPSA) is 12.0 Å². The summed E-state index contributed by atoms with van der Waals surface area (Å²) in [6, 6.07) is 12.3. The van der Waals surface area contributed by atoms with Crippen LogP contribution in [0.1, 0.15) is 51.5 Å². The van der Waals surface area contributed by atoms with Crippen molar-refractivity contribution in [3.05, 3.63) is 35.9 Å². The first-order valence-electron chi connectivity index (χ1n) is 7.59. The van der Waals surface area contributed by atoms with E-state index in [0.29, 0.717) is 6.04 Å². The van der Waals surface area contributed by atoms with Crippen molar-refractivity contribution in [2.45, 2.75) is 64.5 Å². The smallest absolute Gasteiger partial charge is 0.0108 e. The quantitative estimate of drug-likeness (QED) is 0.820. The minimum absolute atomic E-state index is 0.637. The second-order valence-electron chi connectivity index (χ2n) is 5.83. The second kappa shape index (κ2) is 6.94. The average molecular weight is 245 g/mol. The molecule has 3 unspecified atom stereocenters. The molecule has 0 aliphatic heterocycles. The van der Waals surface area contributed by atoms with Crippen LogP contribution in [-0.2, 0) is 6.42 Å². The molecule has 100 valence electrons. The highest BCUT2D eigenvalue weighted by Crippen LogP contribution is 2.24. The fourth-order valence-electron chi connectivity index (χ4n) is 3.09. The van der Waals surface area contributed by atoms with Gasteiger partial charge in [-0.25, -0.2) is 0 Å². The van der Waals surface area contributed by atoms with Crippen molar-refractivity contribution in [1.29, 1.82) is 0 Å². The van der Waals surface area contributed by atoms with Gasteiger partial charge in [-0.2, -0.15) is 0 Å². The summed E-state index contributed by atoms with van der Waals surface area (Å²) in [5, 5.41) is 3.90. The molecule has 1 heteroatoms. The van der Waals surface area contributed by atoms with Crippen LogP contribution in [-0.4, -0.2) is 12.1 Å². The molecule has 1 aromatic carbocycles. The van der Waals surface area contributed by atoms with E-state index in [-0.39, 0.29) is 0 Å². The lowest BCUT2D eigenvalue weighted by Gasteiger charge is -2.33. The van der Waals surface area contributed by atoms with E-state index < -0.39 is 0 Å². The van der Waals surface area contributed by atoms with Gasteiger partial charge in [0.1, 0.15) is 0 Å². The van der Waals surface area contributed by atoms with Gasteiger partial charge in [-0.05, 0) is 37.2 Å². The van der Waals surface area contributed by atoms with E-state index in [1.165, 1.54) is 44.1 Å². The minimum Gasteiger partial charge on any atom is -0.311 e. The predicted molar refractivity (Wildman–Crippen MR) is 78.8 cm³/mol. The lowest BCUT2D eigenvalue weighted by Crippen LogP contribution is -2.44. The summed E-state index contributed by atoms with van der Waals surface area (Å²) >= 11 is 0. The van der Waals surface area contributed by atoms with Gasteiger partial charge in [0.05, 0.1) is 0 Å². The Balaban J connectivity index is 1.88. The molecule has 0 spiro atoms. The highest BCUT2D eigenvalue weighted by Gasteiger charge is 2.23. The Bertz CT molecular complexity index is 333. The van der Waals surface area contributed by atoms with E-state index in [1.807, 2.05) is 0 Å². The number of rotatable bonds is 5. The fraction of sp³-hybridized carbons (Fsp3) is 0.647. The maximum absolute atomic E-state index is 3.90. The zero-order valence-electron chi connectivity index (χ0n) is 11.9. The molecule has 1 aliphatic rings. The van der Waals surface area contributed by atoms with Crippen LogP contribution in [0.2, 0.25) is 0 Å². The normalized spacial score (nSPS) is 25.9. The van der Waals surface area contributed by atoms with Gasteiger partial charge in [-0.1, -0.05) is 57.0 Å². The highest BCUT2D eigenvalue weighted by molar-refractivity contribution is 5.15. The maximum Gasteiger partial charge on any atom is 0.0108 e. The molecule has 0 amide bonds. The molecular formula is C17H27N. The minimum atomic E-state index is 0.637. The zero-order chi connectivity index (χ0) is 12.8. The second-order valence-corrected chi connectivity index (χ2v) is 5.83. The van der Waals surface area contributed by atoms with Crippen LogP contribution in [0.15, 0.2) is 30.3 Å². The molecular weight excluding hydrogens is 218 g/mol. The Kier molecular flexibility index (Phi) is 5.25. The Morgan fingerprint density at radius 2 is 1.89 bits per heavy atom. The molecule has 1 aliphatic carbocycles. The van der Waals surface area contributed by atoms with Crippen LogP contribution in [0.25, 0.3) is 0 Å². The molecule has 0 bridgehead atoms. The van der Waals surface area contributed by atoms with Crippen molar-refractivity contribution in [3.8, 4) is 0 Å². The molecule has 0 radical (unpaired) electrons. The average Bonchev–Trinajstić information content (AvgIpc) is 2.41. The fourth-order valence-corrected chi connectivity index (χ4v) is 3.09. The molecule has 0 saturated heterocycles. The first-order valence-corrected chi connectivity index (χ1v) is 7.59. The van der Waals surface area contributed by atoms with E-state index in [0.717, 1.165) is 12.0 Å². The molecule has 1 N–H and O–H groups in total. The molecule has 0 heterocycles. The van der Waals surface area contributed by atoms with Gasteiger partial charge in [0, 0.05) is 12.1 Å². The van der Waals surface area contributed by atoms with Crippen molar-refractivity contribution in [1.82, 2.24) is 5.32 Å². The predicted octanol–water partition coefficient (Wildman–Crippen LogP) is 4.18. The standard InChI is InChI=1S/C17H27N/c1-3-16(13-15-10-5-4-6-11-15)18-17-12-8-7-9-14(17)2/h4-6,10-11,14,16-18H,3,7-9,12-13H2,1-2H3. The summed E-state index contributed by atoms with van der Waals surface area (Å²) in [5.74, 6) is 0.851. The molecule has 1 aromatic rings. The van der Waals surface area contributed by atoms with E-state index in [1.54, 1.807) is 0 Å². The molecule has 2 rings (SSSR count). The third-order valence-corrected chi connectivity index (χ3v) is 4.38. The summed E-state index contributed by atoms with van der Waals surface area (Å²) in [4.78, 5) is 0. The van der Waals surface area contributed by atoms with Crippen LogP contribution in [0.4, 0.5) is 0 Å². The Labute approximate surface area is 112 Å². The largest absolute Gasteiger partial charge is 0.311 e. The summed E-state index contributed by atoms with van der Waals surface area (Å²) in [6.07, 6.45) is 7.99. The van der Waals surface area contributed by atoms with E-state index >= 15 is 0 Å². The maximum atomic E-state index is 3.90.